The maximum Gasteiger partial charge on any atom is 0.435 e. The fourth-order valence-corrected chi connectivity index (χ4v) is 3.52. The van der Waals surface area contributed by atoms with Gasteiger partial charge in [-0.05, 0) is 36.8 Å². The fourth-order valence-electron chi connectivity index (χ4n) is 3.32. The molecule has 0 aliphatic carbocycles. The van der Waals surface area contributed by atoms with Crippen molar-refractivity contribution in [1.82, 2.24) is 29.7 Å². The Morgan fingerprint density at radius 3 is 2.66 bits per heavy atom. The van der Waals surface area contributed by atoms with Crippen LogP contribution in [0.3, 0.4) is 0 Å². The SMILES string of the molecule is Cc1cc2ccnn2c(C(=O)NCC#N)c1NC(=O)c1cc(C(F)(F)F)nn1-c1ncccc1Cl. The number of nitrogens with one attached hydrogen (secondary N) is 2. The van der Waals surface area contributed by atoms with Crippen molar-refractivity contribution in [2.45, 2.75) is 13.1 Å². The van der Waals surface area contributed by atoms with Crippen LogP contribution in [0.4, 0.5) is 18.9 Å². The molecule has 0 atom stereocenters. The number of aromatic nitrogens is 5. The van der Waals surface area contributed by atoms with Crippen molar-refractivity contribution >= 4 is 34.6 Å². The Labute approximate surface area is 199 Å². The summed E-state index contributed by atoms with van der Waals surface area (Å²) in [7, 11) is 0. The number of nitriles is 1. The molecule has 0 radical (unpaired) electrons. The van der Waals surface area contributed by atoms with Crippen LogP contribution in [0.15, 0.2) is 42.7 Å². The fraction of sp³-hybridized carbons (Fsp3) is 0.143. The molecule has 0 aliphatic heterocycles. The van der Waals surface area contributed by atoms with Crippen LogP contribution in [-0.4, -0.2) is 42.7 Å². The van der Waals surface area contributed by atoms with Crippen LogP contribution in [0.1, 0.15) is 32.2 Å². The zero-order valence-corrected chi connectivity index (χ0v) is 18.5. The van der Waals surface area contributed by atoms with Crippen LogP contribution in [0.25, 0.3) is 11.3 Å². The smallest absolute Gasteiger partial charge is 0.338 e. The number of fused-ring (bicyclic) bond motifs is 1. The normalized spacial score (nSPS) is 11.3. The first-order valence-electron chi connectivity index (χ1n) is 9.83. The molecule has 4 aromatic rings. The first-order valence-corrected chi connectivity index (χ1v) is 10.2. The van der Waals surface area contributed by atoms with E-state index in [1.54, 1.807) is 25.1 Å². The molecule has 4 rings (SSSR count). The largest absolute Gasteiger partial charge is 0.435 e. The second-order valence-electron chi connectivity index (χ2n) is 7.15. The van der Waals surface area contributed by atoms with E-state index < -0.39 is 29.4 Å². The molecule has 0 spiro atoms. The predicted molar refractivity (Wildman–Crippen MR) is 117 cm³/mol. The van der Waals surface area contributed by atoms with Crippen LogP contribution in [0, 0.1) is 18.3 Å². The lowest BCUT2D eigenvalue weighted by atomic mass is 10.1. The average molecular weight is 503 g/mol. The molecule has 4 aromatic heterocycles. The number of halogens is 4. The van der Waals surface area contributed by atoms with Crippen molar-refractivity contribution < 1.29 is 22.8 Å². The van der Waals surface area contributed by atoms with Gasteiger partial charge in [0.2, 0.25) is 0 Å². The van der Waals surface area contributed by atoms with Crippen LogP contribution in [0.5, 0.6) is 0 Å². The summed E-state index contributed by atoms with van der Waals surface area (Å²) in [6, 6.07) is 8.42. The zero-order valence-electron chi connectivity index (χ0n) is 17.8. The monoisotopic (exact) mass is 502 g/mol. The minimum Gasteiger partial charge on any atom is -0.338 e. The van der Waals surface area contributed by atoms with E-state index in [9.17, 15) is 22.8 Å². The summed E-state index contributed by atoms with van der Waals surface area (Å²) in [6.07, 6.45) is -2.14. The highest BCUT2D eigenvalue weighted by atomic mass is 35.5. The summed E-state index contributed by atoms with van der Waals surface area (Å²) < 4.78 is 42.2. The van der Waals surface area contributed by atoms with Gasteiger partial charge in [-0.15, -0.1) is 0 Å². The summed E-state index contributed by atoms with van der Waals surface area (Å²) in [6.45, 7) is 1.28. The van der Waals surface area contributed by atoms with E-state index in [0.717, 1.165) is 0 Å². The second kappa shape index (κ2) is 9.07. The number of hydrogen-bond donors (Lipinski definition) is 2. The summed E-state index contributed by atoms with van der Waals surface area (Å²) in [5.74, 6) is -1.93. The van der Waals surface area contributed by atoms with Gasteiger partial charge in [0.15, 0.2) is 17.2 Å². The van der Waals surface area contributed by atoms with E-state index >= 15 is 0 Å². The lowest BCUT2D eigenvalue weighted by Crippen LogP contribution is -2.29. The number of alkyl halides is 3. The van der Waals surface area contributed by atoms with E-state index in [4.69, 9.17) is 16.9 Å². The van der Waals surface area contributed by atoms with Crippen molar-refractivity contribution in [2.75, 3.05) is 11.9 Å². The summed E-state index contributed by atoms with van der Waals surface area (Å²) in [5.41, 5.74) is -1.06. The maximum absolute atomic E-state index is 13.4. The predicted octanol–water partition coefficient (Wildman–Crippen LogP) is 3.40. The minimum atomic E-state index is -4.85. The van der Waals surface area contributed by atoms with Crippen molar-refractivity contribution in [3.63, 3.8) is 0 Å². The molecule has 35 heavy (non-hydrogen) atoms. The Morgan fingerprint density at radius 2 is 1.97 bits per heavy atom. The Hall–Kier alpha value is -4.44. The number of aryl methyl sites for hydroxylation is 1. The van der Waals surface area contributed by atoms with Crippen LogP contribution in [0.2, 0.25) is 5.02 Å². The van der Waals surface area contributed by atoms with Gasteiger partial charge in [0.25, 0.3) is 11.8 Å². The molecule has 0 fully saturated rings. The number of nitrogens with zero attached hydrogens (tertiary/aromatic N) is 6. The number of carbonyl (C=O) groups is 2. The zero-order chi connectivity index (χ0) is 25.3. The van der Waals surface area contributed by atoms with Crippen molar-refractivity contribution in [1.29, 1.82) is 5.26 Å². The maximum atomic E-state index is 13.4. The number of carbonyl (C=O) groups excluding carboxylic acids is 2. The lowest BCUT2D eigenvalue weighted by Gasteiger charge is -2.15. The third kappa shape index (κ3) is 4.51. The van der Waals surface area contributed by atoms with Crippen molar-refractivity contribution in [3.05, 3.63) is 70.4 Å². The molecule has 14 heteroatoms. The van der Waals surface area contributed by atoms with Crippen molar-refractivity contribution in [3.8, 4) is 11.9 Å². The van der Waals surface area contributed by atoms with E-state index in [2.05, 4.69) is 25.8 Å². The highest BCUT2D eigenvalue weighted by molar-refractivity contribution is 6.32. The summed E-state index contributed by atoms with van der Waals surface area (Å²) in [5, 5.41) is 21.2. The minimum absolute atomic E-state index is 0.0185. The Bertz CT molecular complexity index is 1500. The molecule has 0 aromatic carbocycles. The topological polar surface area (TPSA) is 130 Å². The van der Waals surface area contributed by atoms with Crippen molar-refractivity contribution in [2.24, 2.45) is 0 Å². The molecule has 2 amide bonds. The number of hydrogen-bond acceptors (Lipinski definition) is 6. The van der Waals surface area contributed by atoms with Gasteiger partial charge in [0.05, 0.1) is 28.5 Å². The van der Waals surface area contributed by atoms with E-state index in [0.29, 0.717) is 21.8 Å². The highest BCUT2D eigenvalue weighted by Gasteiger charge is 2.37. The lowest BCUT2D eigenvalue weighted by molar-refractivity contribution is -0.141. The Morgan fingerprint density at radius 1 is 1.20 bits per heavy atom. The van der Waals surface area contributed by atoms with Gasteiger partial charge < -0.3 is 10.6 Å². The average Bonchev–Trinajstić information content (AvgIpc) is 3.45. The van der Waals surface area contributed by atoms with Crippen LogP contribution >= 0.6 is 11.6 Å². The number of amides is 2. The molecule has 0 bridgehead atoms. The van der Waals surface area contributed by atoms with Crippen LogP contribution in [-0.2, 0) is 6.18 Å². The van der Waals surface area contributed by atoms with Gasteiger partial charge in [-0.1, -0.05) is 11.6 Å². The second-order valence-corrected chi connectivity index (χ2v) is 7.55. The highest BCUT2D eigenvalue weighted by Crippen LogP contribution is 2.31. The van der Waals surface area contributed by atoms with Gasteiger partial charge in [-0.25, -0.2) is 14.2 Å². The third-order valence-electron chi connectivity index (χ3n) is 4.83. The number of anilines is 1. The number of rotatable bonds is 5. The molecular formula is C21H14ClF3N8O2. The molecule has 10 nitrogen and oxygen atoms in total. The Kier molecular flexibility index (Phi) is 6.14. The van der Waals surface area contributed by atoms with Gasteiger partial charge in [-0.2, -0.15) is 28.6 Å². The summed E-state index contributed by atoms with van der Waals surface area (Å²) >= 11 is 6.09. The molecule has 2 N–H and O–H groups in total. The van der Waals surface area contributed by atoms with Gasteiger partial charge >= 0.3 is 6.18 Å². The molecule has 0 aliphatic rings. The molecule has 4 heterocycles. The van der Waals surface area contributed by atoms with Gasteiger partial charge in [0.1, 0.15) is 12.2 Å². The van der Waals surface area contributed by atoms with Gasteiger partial charge in [0, 0.05) is 12.3 Å². The summed E-state index contributed by atoms with van der Waals surface area (Å²) in [4.78, 5) is 30.0. The quantitative estimate of drug-likeness (QED) is 0.402. The molecule has 0 unspecified atom stereocenters. The molecule has 178 valence electrons. The molecular weight excluding hydrogens is 489 g/mol. The van der Waals surface area contributed by atoms with Crippen LogP contribution < -0.4 is 10.6 Å². The first kappa shape index (κ1) is 23.7. The van der Waals surface area contributed by atoms with E-state index in [1.807, 2.05) is 0 Å². The Balaban J connectivity index is 1.84. The standard InChI is InChI=1S/C21H14ClF3N8O2/c1-11-9-12-4-7-29-32(12)17(20(35)28-8-5-26)16(11)30-19(34)14-10-15(21(23,24)25)31-33(14)18-13(22)3-2-6-27-18/h2-4,6-7,9-10H,8H2,1H3,(H,28,35)(H,30,34). The van der Waals surface area contributed by atoms with Gasteiger partial charge in [-0.3, -0.25) is 9.59 Å². The molecule has 0 saturated heterocycles. The first-order chi connectivity index (χ1) is 16.6. The third-order valence-corrected chi connectivity index (χ3v) is 5.13. The van der Waals surface area contributed by atoms with E-state index in [-0.39, 0.29) is 28.8 Å². The van der Waals surface area contributed by atoms with E-state index in [1.165, 1.54) is 29.0 Å². The molecule has 0 saturated carbocycles. The number of pyridine rings is 2.